The van der Waals surface area contributed by atoms with Crippen molar-refractivity contribution in [1.82, 2.24) is 4.90 Å². The number of carbonyl (C=O) groups is 3. The molecule has 2 aliphatic rings. The van der Waals surface area contributed by atoms with Crippen LogP contribution in [0.5, 0.6) is 11.5 Å². The Kier molecular flexibility index (Phi) is 28.5. The van der Waals surface area contributed by atoms with Crippen LogP contribution in [0.4, 0.5) is 0 Å². The number of unbranched alkanes of at least 4 members (excludes halogenated alkanes) is 25. The maximum atomic E-state index is 15.1. The summed E-state index contributed by atoms with van der Waals surface area (Å²) in [7, 11) is 3.18. The number of methoxy groups -OCH3 is 2. The standard InChI is InChI=1S/C58H93NO8/c1-5-7-9-11-13-15-17-19-21-23-25-27-29-34-38-55(60)65-67-66-57(62)52(37-33-28-26-24-22-20-18-16-14-12-10-8-6-2)58(46-50-43-53(63-3)54(64-4)44-51(50)56(58)61)45-48-39-41-59(42-40-48)47-49-35-31-30-32-36-49/h30-32,35-36,43-44,48,52H,5-29,33-34,37-42,45-47H2,1-4H3. The van der Waals surface area contributed by atoms with E-state index in [1.165, 1.54) is 140 Å². The van der Waals surface area contributed by atoms with Gasteiger partial charge in [0.15, 0.2) is 17.3 Å². The lowest BCUT2D eigenvalue weighted by Gasteiger charge is -2.40. The van der Waals surface area contributed by atoms with Crippen LogP contribution in [0.2, 0.25) is 0 Å². The zero-order valence-corrected chi connectivity index (χ0v) is 42.9. The fourth-order valence-electron chi connectivity index (χ4n) is 10.9. The van der Waals surface area contributed by atoms with Gasteiger partial charge >= 0.3 is 11.9 Å². The highest BCUT2D eigenvalue weighted by atomic mass is 17.5. The van der Waals surface area contributed by atoms with Gasteiger partial charge in [-0.25, -0.2) is 9.59 Å². The number of fused-ring (bicyclic) bond motifs is 1. The third-order valence-electron chi connectivity index (χ3n) is 14.9. The molecule has 378 valence electrons. The molecule has 0 aromatic heterocycles. The van der Waals surface area contributed by atoms with E-state index in [0.717, 1.165) is 70.1 Å². The lowest BCUT2D eigenvalue weighted by Crippen LogP contribution is -2.45. The monoisotopic (exact) mass is 932 g/mol. The Bertz CT molecular complexity index is 1640. The second kappa shape index (κ2) is 34.0. The van der Waals surface area contributed by atoms with E-state index < -0.39 is 23.3 Å². The van der Waals surface area contributed by atoms with Crippen LogP contribution >= 0.6 is 0 Å². The molecule has 0 N–H and O–H groups in total. The number of nitrogens with zero attached hydrogens (tertiary/aromatic N) is 1. The average molecular weight is 932 g/mol. The second-order valence-corrected chi connectivity index (χ2v) is 20.3. The summed E-state index contributed by atoms with van der Waals surface area (Å²) < 4.78 is 11.4. The van der Waals surface area contributed by atoms with Crippen molar-refractivity contribution in [3.05, 3.63) is 59.2 Å². The van der Waals surface area contributed by atoms with Crippen LogP contribution in [0.25, 0.3) is 0 Å². The summed E-state index contributed by atoms with van der Waals surface area (Å²) >= 11 is 0. The Morgan fingerprint density at radius 3 is 1.61 bits per heavy atom. The molecule has 0 bridgehead atoms. The van der Waals surface area contributed by atoms with Gasteiger partial charge in [-0.1, -0.05) is 211 Å². The van der Waals surface area contributed by atoms with Crippen LogP contribution in [-0.4, -0.2) is 49.9 Å². The number of piperidine rings is 1. The number of hydrogen-bond acceptors (Lipinski definition) is 9. The molecule has 4 rings (SSSR count). The van der Waals surface area contributed by atoms with Crippen LogP contribution in [-0.2, 0) is 37.4 Å². The van der Waals surface area contributed by atoms with Gasteiger partial charge in [0.25, 0.3) is 0 Å². The third-order valence-corrected chi connectivity index (χ3v) is 14.9. The summed E-state index contributed by atoms with van der Waals surface area (Å²) in [5, 5.41) is 5.02. The van der Waals surface area contributed by atoms with Gasteiger partial charge in [-0.2, -0.15) is 0 Å². The van der Waals surface area contributed by atoms with Crippen LogP contribution < -0.4 is 9.47 Å². The number of ether oxygens (including phenoxy) is 2. The smallest absolute Gasteiger partial charge is 0.350 e. The van der Waals surface area contributed by atoms with Gasteiger partial charge in [-0.15, -0.1) is 0 Å². The summed E-state index contributed by atoms with van der Waals surface area (Å²) in [5.74, 6) is -0.761. The summed E-state index contributed by atoms with van der Waals surface area (Å²) in [6.45, 7) is 7.27. The van der Waals surface area contributed by atoms with Crippen LogP contribution in [0, 0.1) is 17.3 Å². The Morgan fingerprint density at radius 1 is 0.627 bits per heavy atom. The van der Waals surface area contributed by atoms with Gasteiger partial charge in [-0.05, 0) is 80.8 Å². The molecule has 9 heteroatoms. The molecule has 1 heterocycles. The number of likely N-dealkylation sites (tertiary alicyclic amines) is 1. The molecule has 1 saturated heterocycles. The molecule has 2 aromatic rings. The van der Waals surface area contributed by atoms with Gasteiger partial charge in [0, 0.05) is 23.6 Å². The van der Waals surface area contributed by atoms with E-state index in [1.54, 1.807) is 20.3 Å². The van der Waals surface area contributed by atoms with E-state index in [0.29, 0.717) is 42.7 Å². The first kappa shape index (κ1) is 56.2. The number of ketones is 1. The van der Waals surface area contributed by atoms with Gasteiger partial charge in [-0.3, -0.25) is 19.5 Å². The normalized spacial score (nSPS) is 16.8. The number of hydrogen-bond donors (Lipinski definition) is 0. The summed E-state index contributed by atoms with van der Waals surface area (Å²) in [5.41, 5.74) is 1.67. The zero-order chi connectivity index (χ0) is 47.8. The number of carbonyl (C=O) groups excluding carboxylic acids is 3. The van der Waals surface area contributed by atoms with Gasteiger partial charge in [0.05, 0.1) is 25.6 Å². The Labute approximate surface area is 407 Å². The minimum atomic E-state index is -1.05. The zero-order valence-electron chi connectivity index (χ0n) is 42.9. The third kappa shape index (κ3) is 20.6. The fraction of sp³-hybridized carbons (Fsp3) is 0.741. The quantitative estimate of drug-likeness (QED) is 0.0368. The number of benzene rings is 2. The van der Waals surface area contributed by atoms with Crippen molar-refractivity contribution >= 4 is 17.7 Å². The molecule has 0 radical (unpaired) electrons. The molecule has 0 amide bonds. The highest BCUT2D eigenvalue weighted by Crippen LogP contribution is 2.52. The molecule has 1 fully saturated rings. The van der Waals surface area contributed by atoms with Crippen LogP contribution in [0.3, 0.4) is 0 Å². The average Bonchev–Trinajstić information content (AvgIpc) is 3.61. The summed E-state index contributed by atoms with van der Waals surface area (Å²) in [4.78, 5) is 55.3. The van der Waals surface area contributed by atoms with Crippen molar-refractivity contribution in [2.24, 2.45) is 17.3 Å². The van der Waals surface area contributed by atoms with E-state index in [-0.39, 0.29) is 18.1 Å². The maximum absolute atomic E-state index is 15.1. The molecule has 0 spiro atoms. The van der Waals surface area contributed by atoms with Crippen molar-refractivity contribution in [2.45, 2.75) is 232 Å². The van der Waals surface area contributed by atoms with E-state index in [1.807, 2.05) is 12.1 Å². The van der Waals surface area contributed by atoms with Gasteiger partial charge < -0.3 is 9.47 Å². The van der Waals surface area contributed by atoms with E-state index in [2.05, 4.69) is 43.0 Å². The van der Waals surface area contributed by atoms with Gasteiger partial charge in [0.2, 0.25) is 0 Å². The first-order chi connectivity index (χ1) is 32.8. The molecule has 1 aliphatic heterocycles. The van der Waals surface area contributed by atoms with Gasteiger partial charge in [0.1, 0.15) is 0 Å². The molecule has 67 heavy (non-hydrogen) atoms. The topological polar surface area (TPSA) is 101 Å². The predicted molar refractivity (Wildman–Crippen MR) is 271 cm³/mol. The first-order valence-electron chi connectivity index (χ1n) is 27.5. The van der Waals surface area contributed by atoms with Crippen molar-refractivity contribution in [2.75, 3.05) is 27.3 Å². The number of rotatable bonds is 39. The molecule has 1 aliphatic carbocycles. The lowest BCUT2D eigenvalue weighted by atomic mass is 9.64. The first-order valence-corrected chi connectivity index (χ1v) is 27.5. The highest BCUT2D eigenvalue weighted by molar-refractivity contribution is 6.07. The SMILES string of the molecule is CCCCCCCCCCCCCCCCC(=O)OOOC(=O)C(CCCCCCCCCCCCCCC)C1(CC2CCN(Cc3ccccc3)CC2)Cc2cc(OC)c(OC)cc2C1=O. The van der Waals surface area contributed by atoms with E-state index >= 15 is 4.79 Å². The molecule has 9 nitrogen and oxygen atoms in total. The van der Waals surface area contributed by atoms with Crippen molar-refractivity contribution in [3.8, 4) is 11.5 Å². The molecular formula is C58H93NO8. The van der Waals surface area contributed by atoms with Crippen molar-refractivity contribution in [3.63, 3.8) is 0 Å². The molecule has 0 saturated carbocycles. The maximum Gasteiger partial charge on any atom is 0.350 e. The minimum absolute atomic E-state index is 0.0541. The molecular weight excluding hydrogens is 839 g/mol. The predicted octanol–water partition coefficient (Wildman–Crippen LogP) is 15.6. The molecule has 2 aromatic carbocycles. The van der Waals surface area contributed by atoms with Crippen molar-refractivity contribution < 1.29 is 38.7 Å². The molecule has 2 unspecified atom stereocenters. The highest BCUT2D eigenvalue weighted by Gasteiger charge is 2.55. The van der Waals surface area contributed by atoms with E-state index in [9.17, 15) is 9.59 Å². The van der Waals surface area contributed by atoms with Crippen LogP contribution in [0.15, 0.2) is 42.5 Å². The Morgan fingerprint density at radius 2 is 1.10 bits per heavy atom. The Balaban J connectivity index is 1.35. The molecule has 2 atom stereocenters. The van der Waals surface area contributed by atoms with E-state index in [4.69, 9.17) is 24.3 Å². The van der Waals surface area contributed by atoms with Crippen LogP contribution in [0.1, 0.15) is 241 Å². The lowest BCUT2D eigenvalue weighted by molar-refractivity contribution is -0.461. The second-order valence-electron chi connectivity index (χ2n) is 20.3. The summed E-state index contributed by atoms with van der Waals surface area (Å²) in [6.07, 6.45) is 36.5. The Hall–Kier alpha value is -3.43. The number of Topliss-reactive ketones (excluding diaryl/α,β-unsaturated/α-hetero) is 1. The summed E-state index contributed by atoms with van der Waals surface area (Å²) in [6, 6.07) is 14.2. The largest absolute Gasteiger partial charge is 0.493 e. The fourth-order valence-corrected chi connectivity index (χ4v) is 10.9. The minimum Gasteiger partial charge on any atom is -0.493 e. The van der Waals surface area contributed by atoms with Crippen molar-refractivity contribution in [1.29, 1.82) is 0 Å².